The first-order valence-corrected chi connectivity index (χ1v) is 15.6. The lowest BCUT2D eigenvalue weighted by Gasteiger charge is -2.21. The molecule has 0 aliphatic carbocycles. The zero-order valence-corrected chi connectivity index (χ0v) is 25.2. The summed E-state index contributed by atoms with van der Waals surface area (Å²) in [6.45, 7) is 10.3. The van der Waals surface area contributed by atoms with Crippen LogP contribution >= 0.6 is 23.5 Å². The molecule has 0 fully saturated rings. The van der Waals surface area contributed by atoms with Crippen LogP contribution in [0.1, 0.15) is 57.3 Å². The van der Waals surface area contributed by atoms with Crippen molar-refractivity contribution in [2.24, 2.45) is 5.92 Å². The lowest BCUT2D eigenvalue weighted by atomic mass is 10.1. The number of anilines is 3. The Labute approximate surface area is 232 Å². The summed E-state index contributed by atoms with van der Waals surface area (Å²) in [5, 5.41) is 2.15. The molecule has 2 aromatic rings. The molecule has 0 unspecified atom stereocenters. The molecule has 9 heteroatoms. The number of likely N-dealkylation sites (N-methyl/N-ethyl adjacent to an activating group) is 1. The molecular formula is C28H45N5O2S2. The molecule has 4 rings (SSSR count). The van der Waals surface area contributed by atoms with Gasteiger partial charge in [-0.05, 0) is 55.2 Å². The Morgan fingerprint density at radius 2 is 1.95 bits per heavy atom. The molecule has 0 bridgehead atoms. The van der Waals surface area contributed by atoms with E-state index in [-0.39, 0.29) is 11.9 Å². The number of ether oxygens (including phenoxy) is 1. The van der Waals surface area contributed by atoms with Crippen molar-refractivity contribution in [3.63, 3.8) is 0 Å². The summed E-state index contributed by atoms with van der Waals surface area (Å²) in [7, 11) is 1.90. The van der Waals surface area contributed by atoms with Gasteiger partial charge in [-0.15, -0.1) is 11.8 Å². The molecule has 0 radical (unpaired) electrons. The Morgan fingerprint density at radius 3 is 2.54 bits per heavy atom. The molecule has 1 amide bonds. The molecule has 7 nitrogen and oxygen atoms in total. The fraction of sp³-hybridized carbons (Fsp3) is 0.536. The molecule has 2 N–H and O–H groups in total. The maximum absolute atomic E-state index is 13.1. The Balaban J connectivity index is 0.000000582. The average molecular weight is 548 g/mol. The van der Waals surface area contributed by atoms with Crippen LogP contribution in [0, 0.1) is 5.92 Å². The van der Waals surface area contributed by atoms with Crippen molar-refractivity contribution in [1.82, 2.24) is 9.97 Å². The first kappa shape index (κ1) is 32.6. The van der Waals surface area contributed by atoms with Crippen molar-refractivity contribution in [2.75, 3.05) is 60.5 Å². The number of nitrogens with two attached hydrogens (primary N) is 1. The number of nitrogens with zero attached hydrogens (tertiary/aromatic N) is 4. The summed E-state index contributed by atoms with van der Waals surface area (Å²) in [6, 6.07) is 7.67. The minimum absolute atomic E-state index is 0.133. The van der Waals surface area contributed by atoms with Gasteiger partial charge in [0.05, 0.1) is 6.61 Å². The van der Waals surface area contributed by atoms with Gasteiger partial charge in [0.15, 0.2) is 0 Å². The van der Waals surface area contributed by atoms with Crippen molar-refractivity contribution in [3.8, 4) is 5.75 Å². The van der Waals surface area contributed by atoms with Crippen LogP contribution < -0.4 is 20.3 Å². The van der Waals surface area contributed by atoms with Crippen molar-refractivity contribution >= 4 is 46.9 Å². The summed E-state index contributed by atoms with van der Waals surface area (Å²) in [4.78, 5) is 25.0. The Morgan fingerprint density at radius 1 is 1.22 bits per heavy atom. The lowest BCUT2D eigenvalue weighted by Crippen LogP contribution is -2.33. The molecule has 0 spiro atoms. The molecule has 0 saturated carbocycles. The van der Waals surface area contributed by atoms with E-state index in [1.54, 1.807) is 16.7 Å². The minimum atomic E-state index is -0.133. The van der Waals surface area contributed by atoms with Gasteiger partial charge >= 0.3 is 0 Å². The molecule has 206 valence electrons. The van der Waals surface area contributed by atoms with E-state index in [4.69, 9.17) is 10.5 Å². The zero-order chi connectivity index (χ0) is 27.6. The van der Waals surface area contributed by atoms with E-state index in [9.17, 15) is 4.79 Å². The van der Waals surface area contributed by atoms with Crippen LogP contribution in [0.25, 0.3) is 0 Å². The fourth-order valence-corrected chi connectivity index (χ4v) is 4.12. The van der Waals surface area contributed by atoms with Gasteiger partial charge in [-0.1, -0.05) is 39.8 Å². The van der Waals surface area contributed by atoms with Gasteiger partial charge in [0, 0.05) is 43.8 Å². The van der Waals surface area contributed by atoms with E-state index in [1.807, 2.05) is 74.3 Å². The number of allylic oxidation sites excluding steroid dienone is 1. The number of fused-ring (bicyclic) bond motifs is 1. The highest BCUT2D eigenvalue weighted by molar-refractivity contribution is 8.02. The quantitative estimate of drug-likeness (QED) is 0.404. The van der Waals surface area contributed by atoms with Crippen LogP contribution in [0.3, 0.4) is 0 Å². The van der Waals surface area contributed by atoms with E-state index in [0.29, 0.717) is 37.0 Å². The third-order valence-electron chi connectivity index (χ3n) is 5.20. The second kappa shape index (κ2) is 18.8. The number of nitrogen functional groups attached to an aromatic ring is 1. The zero-order valence-electron chi connectivity index (χ0n) is 23.6. The number of carbonyl (C=O) groups excluding carboxylic acids is 1. The third kappa shape index (κ3) is 11.7. The summed E-state index contributed by atoms with van der Waals surface area (Å²) in [6.07, 6.45) is 11.2. The first-order chi connectivity index (χ1) is 17.9. The summed E-state index contributed by atoms with van der Waals surface area (Å²) >= 11 is 3.64. The normalized spacial score (nSPS) is 13.9. The monoisotopic (exact) mass is 547 g/mol. The SMILES string of the molecule is C1=CSCC1.CC.CC(C)CCCOc1cccc(N2CCN(C)c3nc(N)ncc3C2=O)c1.CSC. The molecule has 0 atom stereocenters. The van der Waals surface area contributed by atoms with Crippen molar-refractivity contribution in [3.05, 3.63) is 47.5 Å². The lowest BCUT2D eigenvalue weighted by molar-refractivity contribution is 0.0989. The Hall–Kier alpha value is -2.39. The van der Waals surface area contributed by atoms with Crippen molar-refractivity contribution in [1.29, 1.82) is 0 Å². The summed E-state index contributed by atoms with van der Waals surface area (Å²) in [5.41, 5.74) is 6.95. The van der Waals surface area contributed by atoms with Gasteiger partial charge < -0.3 is 20.3 Å². The number of amides is 1. The predicted molar refractivity (Wildman–Crippen MR) is 164 cm³/mol. The number of hydrogen-bond acceptors (Lipinski definition) is 8. The average Bonchev–Trinajstić information content (AvgIpc) is 3.46. The number of benzene rings is 1. The molecule has 3 heterocycles. The molecule has 0 saturated heterocycles. The van der Waals surface area contributed by atoms with E-state index in [0.717, 1.165) is 24.3 Å². The second-order valence-electron chi connectivity index (χ2n) is 8.67. The molecule has 37 heavy (non-hydrogen) atoms. The highest BCUT2D eigenvalue weighted by Crippen LogP contribution is 2.28. The minimum Gasteiger partial charge on any atom is -0.494 e. The van der Waals surface area contributed by atoms with Gasteiger partial charge in [0.2, 0.25) is 5.95 Å². The third-order valence-corrected chi connectivity index (χ3v) is 6.06. The van der Waals surface area contributed by atoms with Crippen LogP contribution in [0.15, 0.2) is 41.9 Å². The number of aromatic nitrogens is 2. The Bertz CT molecular complexity index is 950. The largest absolute Gasteiger partial charge is 0.494 e. The first-order valence-electron chi connectivity index (χ1n) is 12.9. The second-order valence-corrected chi connectivity index (χ2v) is 10.5. The van der Waals surface area contributed by atoms with Gasteiger partial charge in [0.25, 0.3) is 5.91 Å². The molecular weight excluding hydrogens is 502 g/mol. The van der Waals surface area contributed by atoms with E-state index in [1.165, 1.54) is 18.4 Å². The van der Waals surface area contributed by atoms with Crippen LogP contribution in [-0.2, 0) is 0 Å². The molecule has 2 aliphatic heterocycles. The van der Waals surface area contributed by atoms with E-state index in [2.05, 4.69) is 35.3 Å². The van der Waals surface area contributed by atoms with Crippen LogP contribution in [0.5, 0.6) is 5.75 Å². The highest BCUT2D eigenvalue weighted by Gasteiger charge is 2.28. The van der Waals surface area contributed by atoms with Gasteiger partial charge in [-0.3, -0.25) is 4.79 Å². The number of hydrogen-bond donors (Lipinski definition) is 1. The standard InChI is InChI=1S/C20H27N5O2.C4H6S.C2H6S.C2H6/c1-14(2)6-5-11-27-16-8-4-7-15(12-16)25-10-9-24(3)18-17(19(25)26)13-22-20(21)23-18;1-2-4-5-3-1;1-3-2;1-2/h4,7-8,12-14H,5-6,9-11H2,1-3H3,(H2,21,22,23);1,3H,2,4H2;1-2H3;1-2H3. The van der Waals surface area contributed by atoms with E-state index < -0.39 is 0 Å². The van der Waals surface area contributed by atoms with Gasteiger partial charge in [0.1, 0.15) is 17.1 Å². The molecule has 1 aromatic carbocycles. The number of carbonyl (C=O) groups is 1. The summed E-state index contributed by atoms with van der Waals surface area (Å²) in [5.74, 6) is 3.35. The highest BCUT2D eigenvalue weighted by atomic mass is 32.2. The molecule has 1 aromatic heterocycles. The van der Waals surface area contributed by atoms with Crippen molar-refractivity contribution < 1.29 is 9.53 Å². The fourth-order valence-electron chi connectivity index (χ4n) is 3.44. The topological polar surface area (TPSA) is 84.6 Å². The summed E-state index contributed by atoms with van der Waals surface area (Å²) < 4.78 is 5.87. The van der Waals surface area contributed by atoms with Crippen LogP contribution in [-0.4, -0.2) is 60.9 Å². The van der Waals surface area contributed by atoms with Crippen molar-refractivity contribution in [2.45, 2.75) is 47.0 Å². The maximum atomic E-state index is 13.1. The Kier molecular flexibility index (Phi) is 16.6. The molecule has 2 aliphatic rings. The van der Waals surface area contributed by atoms with Gasteiger partial charge in [-0.25, -0.2) is 4.98 Å². The smallest absolute Gasteiger partial charge is 0.263 e. The van der Waals surface area contributed by atoms with E-state index >= 15 is 0 Å². The van der Waals surface area contributed by atoms with Crippen LogP contribution in [0.2, 0.25) is 0 Å². The number of thioether (sulfide) groups is 2. The maximum Gasteiger partial charge on any atom is 0.263 e. The number of rotatable bonds is 6. The van der Waals surface area contributed by atoms with Crippen LogP contribution in [0.4, 0.5) is 17.5 Å². The van der Waals surface area contributed by atoms with Gasteiger partial charge in [-0.2, -0.15) is 16.7 Å². The predicted octanol–water partition coefficient (Wildman–Crippen LogP) is 6.61.